The lowest BCUT2D eigenvalue weighted by atomic mass is 9.71. The fourth-order valence-electron chi connectivity index (χ4n) is 15.5. The molecule has 14 aromatic rings. The van der Waals surface area contributed by atoms with Gasteiger partial charge in [0.15, 0.2) is 0 Å². The topological polar surface area (TPSA) is 39.4 Å². The minimum Gasteiger partial charge on any atom is -0.456 e. The molecule has 0 radical (unpaired) electrons. The maximum atomic E-state index is 7.02. The van der Waals surface area contributed by atoms with Gasteiger partial charge in [-0.3, -0.25) is 0 Å². The summed E-state index contributed by atoms with van der Waals surface area (Å²) < 4.78 is 20.3. The van der Waals surface area contributed by atoms with Crippen LogP contribution in [0.15, 0.2) is 226 Å². The molecule has 17 rings (SSSR count). The lowest BCUT2D eigenvalue weighted by Gasteiger charge is -2.31. The third kappa shape index (κ3) is 6.41. The van der Waals surface area contributed by atoms with Crippen molar-refractivity contribution in [1.29, 1.82) is 0 Å². The van der Waals surface area contributed by atoms with Gasteiger partial charge in [-0.2, -0.15) is 0 Å². The number of hydrogen-bond donors (Lipinski definition) is 0. The van der Waals surface area contributed by atoms with Crippen molar-refractivity contribution in [3.05, 3.63) is 262 Å². The summed E-state index contributed by atoms with van der Waals surface area (Å²) in [5.41, 5.74) is 29.6. The fraction of sp³-hybridized carbons (Fsp3) is 0.154. The van der Waals surface area contributed by atoms with Crippen LogP contribution in [0.3, 0.4) is 0 Å². The summed E-state index contributed by atoms with van der Waals surface area (Å²) in [4.78, 5) is 0. The molecule has 81 heavy (non-hydrogen) atoms. The highest BCUT2D eigenvalue weighted by molar-refractivity contribution is 6.22. The first-order valence-electron chi connectivity index (χ1n) is 28.9. The molecule has 11 aromatic carbocycles. The summed E-state index contributed by atoms with van der Waals surface area (Å²) in [6.45, 7) is 14.6. The molecule has 3 heteroatoms. The van der Waals surface area contributed by atoms with Gasteiger partial charge in [0.2, 0.25) is 0 Å². The van der Waals surface area contributed by atoms with Crippen molar-refractivity contribution in [2.24, 2.45) is 0 Å². The van der Waals surface area contributed by atoms with Gasteiger partial charge in [-0.1, -0.05) is 217 Å². The monoisotopic (exact) mass is 1040 g/mol. The van der Waals surface area contributed by atoms with E-state index in [9.17, 15) is 0 Å². The second-order valence-electron chi connectivity index (χ2n) is 24.9. The van der Waals surface area contributed by atoms with Gasteiger partial charge in [0.05, 0.1) is 0 Å². The van der Waals surface area contributed by atoms with Crippen molar-refractivity contribution in [3.8, 4) is 55.6 Å². The Morgan fingerprint density at radius 1 is 0.333 bits per heavy atom. The predicted molar refractivity (Wildman–Crippen MR) is 335 cm³/mol. The van der Waals surface area contributed by atoms with Crippen molar-refractivity contribution in [2.45, 2.75) is 76.5 Å². The molecule has 3 aliphatic rings. The number of aryl methyl sites for hydroxylation is 1. The third-order valence-electron chi connectivity index (χ3n) is 19.5. The van der Waals surface area contributed by atoms with E-state index in [0.29, 0.717) is 0 Å². The summed E-state index contributed by atoms with van der Waals surface area (Å²) in [6.07, 6.45) is 1.87. The van der Waals surface area contributed by atoms with E-state index in [1.807, 2.05) is 6.07 Å². The molecule has 0 saturated heterocycles. The van der Waals surface area contributed by atoms with Crippen LogP contribution in [0.5, 0.6) is 0 Å². The van der Waals surface area contributed by atoms with E-state index in [2.05, 4.69) is 248 Å². The van der Waals surface area contributed by atoms with Gasteiger partial charge in [-0.15, -0.1) is 0 Å². The Labute approximate surface area is 471 Å². The van der Waals surface area contributed by atoms with E-state index in [1.54, 1.807) is 0 Å². The first-order chi connectivity index (χ1) is 39.4. The average molecular weight is 1040 g/mol. The third-order valence-corrected chi connectivity index (χ3v) is 19.5. The van der Waals surface area contributed by atoms with E-state index >= 15 is 0 Å². The highest BCUT2D eigenvalue weighted by Crippen LogP contribution is 2.64. The maximum Gasteiger partial charge on any atom is 0.144 e. The van der Waals surface area contributed by atoms with Crippen LogP contribution in [-0.2, 0) is 22.7 Å². The molecule has 0 N–H and O–H groups in total. The van der Waals surface area contributed by atoms with Gasteiger partial charge in [0.1, 0.15) is 33.5 Å². The Morgan fingerprint density at radius 2 is 0.877 bits per heavy atom. The first kappa shape index (κ1) is 46.7. The molecule has 0 fully saturated rings. The van der Waals surface area contributed by atoms with Crippen LogP contribution < -0.4 is 0 Å². The van der Waals surface area contributed by atoms with Crippen molar-refractivity contribution in [3.63, 3.8) is 0 Å². The van der Waals surface area contributed by atoms with Crippen LogP contribution in [0, 0.1) is 0 Å². The van der Waals surface area contributed by atoms with E-state index in [0.717, 1.165) is 73.6 Å². The number of para-hydroxylation sites is 3. The molecule has 3 aromatic heterocycles. The van der Waals surface area contributed by atoms with Crippen LogP contribution in [0.1, 0.15) is 104 Å². The van der Waals surface area contributed by atoms with Crippen LogP contribution in [0.25, 0.3) is 121 Å². The number of benzene rings is 11. The fourth-order valence-corrected chi connectivity index (χ4v) is 15.5. The Morgan fingerprint density at radius 3 is 1.64 bits per heavy atom. The lowest BCUT2D eigenvalue weighted by Crippen LogP contribution is -2.24. The highest BCUT2D eigenvalue weighted by Gasteiger charge is 2.49. The molecular weight excluding hydrogens is 985 g/mol. The number of hydrogen-bond acceptors (Lipinski definition) is 3. The maximum absolute atomic E-state index is 7.02. The average Bonchev–Trinajstić information content (AvgIpc) is 4.21. The highest BCUT2D eigenvalue weighted by atomic mass is 16.3. The van der Waals surface area contributed by atoms with Crippen LogP contribution in [0.2, 0.25) is 0 Å². The molecular formula is C78H58O3. The Bertz CT molecular complexity index is 5010. The van der Waals surface area contributed by atoms with Gasteiger partial charge in [0, 0.05) is 65.6 Å². The second kappa shape index (κ2) is 16.5. The molecule has 1 atom stereocenters. The SMILES string of the molecule is CC1(C)c2cc(CCC(c3ccc(-c4ccccc4)cc3)c3ccc4c(c3)C(C)(C)c3c5c(c6oc7ccccc7c6c3-4)-c3ccccc3C5(C)C)ccc2-c2c1cc(-c1ccc3oc4ccccc4c3c1)c1oc3ccccc3c21. The normalized spacial score (nSPS) is 15.4. The van der Waals surface area contributed by atoms with Gasteiger partial charge in [-0.05, 0) is 144 Å². The molecule has 0 spiro atoms. The molecule has 0 saturated carbocycles. The molecule has 0 amide bonds. The zero-order valence-electron chi connectivity index (χ0n) is 46.4. The number of furan rings is 3. The largest absolute Gasteiger partial charge is 0.456 e. The van der Waals surface area contributed by atoms with Crippen LogP contribution in [-0.4, -0.2) is 0 Å². The van der Waals surface area contributed by atoms with Gasteiger partial charge in [-0.25, -0.2) is 0 Å². The summed E-state index contributed by atoms with van der Waals surface area (Å²) in [5.74, 6) is 0.142. The van der Waals surface area contributed by atoms with Gasteiger partial charge < -0.3 is 13.3 Å². The summed E-state index contributed by atoms with van der Waals surface area (Å²) in [7, 11) is 0. The van der Waals surface area contributed by atoms with Gasteiger partial charge >= 0.3 is 0 Å². The quantitative estimate of drug-likeness (QED) is 0.160. The molecule has 3 aliphatic carbocycles. The minimum absolute atomic E-state index is 0.142. The number of fused-ring (bicyclic) bond motifs is 22. The second-order valence-corrected chi connectivity index (χ2v) is 24.9. The first-order valence-corrected chi connectivity index (χ1v) is 28.9. The number of rotatable bonds is 7. The van der Waals surface area contributed by atoms with Crippen molar-refractivity contribution in [1.82, 2.24) is 0 Å². The molecule has 1 unspecified atom stereocenters. The van der Waals surface area contributed by atoms with Gasteiger partial charge in [0.25, 0.3) is 0 Å². The minimum atomic E-state index is -0.287. The molecule has 0 bridgehead atoms. The lowest BCUT2D eigenvalue weighted by molar-refractivity contribution is 0.599. The Balaban J connectivity index is 0.789. The summed E-state index contributed by atoms with van der Waals surface area (Å²) in [6, 6.07) is 78.7. The zero-order valence-corrected chi connectivity index (χ0v) is 46.4. The van der Waals surface area contributed by atoms with E-state index in [1.165, 1.54) is 111 Å². The van der Waals surface area contributed by atoms with Crippen molar-refractivity contribution in [2.75, 3.05) is 0 Å². The standard InChI is InChI=1S/C78H58O3/c1-76(2)60-40-44(29-37-53(60)67-62(76)43-57(74-69(67)55-22-12-16-26-64(55)80-74)48-35-39-66-58(41-48)51-20-11-15-25-63(51)79-66)28-36-50(47-32-30-46(31-33-47)45-18-8-7-9-19-45)49-34-38-54-61(42-49)78(5,6)72-68(54)70-56-23-13-17-27-65(56)81-75(70)71-52-21-10-14-24-59(52)77(3,4)73(71)72/h7-27,29-35,37-43,50H,28,36H2,1-6H3. The van der Waals surface area contributed by atoms with Crippen LogP contribution in [0.4, 0.5) is 0 Å². The molecule has 0 aliphatic heterocycles. The van der Waals surface area contributed by atoms with E-state index in [4.69, 9.17) is 13.3 Å². The predicted octanol–water partition coefficient (Wildman–Crippen LogP) is 21.4. The molecule has 3 nitrogen and oxygen atoms in total. The smallest absolute Gasteiger partial charge is 0.144 e. The van der Waals surface area contributed by atoms with Crippen molar-refractivity contribution >= 4 is 65.8 Å². The zero-order chi connectivity index (χ0) is 54.3. The summed E-state index contributed by atoms with van der Waals surface area (Å²) in [5, 5.41) is 7.00. The molecule has 3 heterocycles. The van der Waals surface area contributed by atoms with Crippen LogP contribution >= 0.6 is 0 Å². The van der Waals surface area contributed by atoms with E-state index < -0.39 is 0 Å². The van der Waals surface area contributed by atoms with E-state index in [-0.39, 0.29) is 22.2 Å². The summed E-state index contributed by atoms with van der Waals surface area (Å²) >= 11 is 0. The Kier molecular flexibility index (Phi) is 9.49. The molecule has 388 valence electrons. The Hall–Kier alpha value is -9.18. The van der Waals surface area contributed by atoms with Crippen molar-refractivity contribution < 1.29 is 13.3 Å².